The topological polar surface area (TPSA) is 54.5 Å². The summed E-state index contributed by atoms with van der Waals surface area (Å²) in [6.45, 7) is 0. The van der Waals surface area contributed by atoms with Gasteiger partial charge in [0.15, 0.2) is 0 Å². The molecule has 0 saturated carbocycles. The van der Waals surface area contributed by atoms with Gasteiger partial charge in [0.25, 0.3) is 0 Å². The average Bonchev–Trinajstić information content (AvgIpc) is 3.02. The Labute approximate surface area is 110 Å². The summed E-state index contributed by atoms with van der Waals surface area (Å²) in [5.41, 5.74) is 3.50. The van der Waals surface area contributed by atoms with E-state index in [-0.39, 0.29) is 0 Å². The fourth-order valence-corrected chi connectivity index (χ4v) is 1.84. The summed E-state index contributed by atoms with van der Waals surface area (Å²) in [7, 11) is 0. The van der Waals surface area contributed by atoms with Crippen molar-refractivity contribution in [1.82, 2.24) is 14.5 Å². The third-order valence-corrected chi connectivity index (χ3v) is 2.86. The minimum absolute atomic E-state index is 0.652. The molecule has 4 heteroatoms. The van der Waals surface area contributed by atoms with Crippen LogP contribution >= 0.6 is 0 Å². The lowest BCUT2D eigenvalue weighted by molar-refractivity contribution is 1.04. The number of benzene rings is 1. The van der Waals surface area contributed by atoms with Gasteiger partial charge in [0, 0.05) is 18.0 Å². The molecule has 2 aromatic heterocycles. The van der Waals surface area contributed by atoms with Gasteiger partial charge in [-0.2, -0.15) is 5.26 Å². The van der Waals surface area contributed by atoms with Crippen LogP contribution in [-0.2, 0) is 0 Å². The minimum Gasteiger partial charge on any atom is -0.305 e. The normalized spacial score (nSPS) is 10.1. The molecule has 0 bridgehead atoms. The lowest BCUT2D eigenvalue weighted by Gasteiger charge is -2.04. The van der Waals surface area contributed by atoms with E-state index >= 15 is 0 Å². The van der Waals surface area contributed by atoms with Crippen molar-refractivity contribution in [3.63, 3.8) is 0 Å². The van der Waals surface area contributed by atoms with E-state index in [0.717, 1.165) is 16.9 Å². The van der Waals surface area contributed by atoms with Gasteiger partial charge in [0.2, 0.25) is 0 Å². The van der Waals surface area contributed by atoms with Crippen LogP contribution in [0.1, 0.15) is 5.56 Å². The highest BCUT2D eigenvalue weighted by Crippen LogP contribution is 2.18. The SMILES string of the molecule is N#Cc1ccc(-c2ccc(-n3ccnc3)cn2)cc1. The summed E-state index contributed by atoms with van der Waals surface area (Å²) in [4.78, 5) is 8.43. The Hall–Kier alpha value is -2.93. The molecule has 0 N–H and O–H groups in total. The lowest BCUT2D eigenvalue weighted by Crippen LogP contribution is -1.92. The fourth-order valence-electron chi connectivity index (χ4n) is 1.84. The molecule has 0 spiro atoms. The van der Waals surface area contributed by atoms with E-state index in [1.54, 1.807) is 30.9 Å². The highest BCUT2D eigenvalue weighted by Gasteiger charge is 2.01. The zero-order valence-corrected chi connectivity index (χ0v) is 10.1. The van der Waals surface area contributed by atoms with E-state index in [9.17, 15) is 0 Å². The lowest BCUT2D eigenvalue weighted by atomic mass is 10.1. The molecule has 0 aliphatic rings. The number of hydrogen-bond acceptors (Lipinski definition) is 3. The third kappa shape index (κ3) is 2.22. The van der Waals surface area contributed by atoms with Crippen molar-refractivity contribution in [2.24, 2.45) is 0 Å². The minimum atomic E-state index is 0.652. The molecular weight excluding hydrogens is 236 g/mol. The molecular formula is C15H10N4. The van der Waals surface area contributed by atoms with Crippen molar-refractivity contribution in [3.05, 3.63) is 66.9 Å². The predicted molar refractivity (Wildman–Crippen MR) is 71.5 cm³/mol. The van der Waals surface area contributed by atoms with Crippen LogP contribution in [0.15, 0.2) is 61.3 Å². The van der Waals surface area contributed by atoms with Gasteiger partial charge in [0.1, 0.15) is 0 Å². The molecule has 0 radical (unpaired) electrons. The van der Waals surface area contributed by atoms with E-state index in [4.69, 9.17) is 5.26 Å². The van der Waals surface area contributed by atoms with Gasteiger partial charge in [-0.3, -0.25) is 4.98 Å². The first-order valence-electron chi connectivity index (χ1n) is 5.82. The van der Waals surface area contributed by atoms with Crippen molar-refractivity contribution < 1.29 is 0 Å². The number of rotatable bonds is 2. The largest absolute Gasteiger partial charge is 0.305 e. The molecule has 0 aliphatic heterocycles. The maximum atomic E-state index is 8.77. The third-order valence-electron chi connectivity index (χ3n) is 2.86. The van der Waals surface area contributed by atoms with Crippen molar-refractivity contribution in [2.75, 3.05) is 0 Å². The van der Waals surface area contributed by atoms with Gasteiger partial charge >= 0.3 is 0 Å². The van der Waals surface area contributed by atoms with Crippen molar-refractivity contribution >= 4 is 0 Å². The van der Waals surface area contributed by atoms with Crippen LogP contribution in [0.4, 0.5) is 0 Å². The summed E-state index contributed by atoms with van der Waals surface area (Å²) in [5.74, 6) is 0. The Balaban J connectivity index is 1.92. The molecule has 1 aromatic carbocycles. The molecule has 2 heterocycles. The van der Waals surface area contributed by atoms with Gasteiger partial charge in [-0.25, -0.2) is 4.98 Å². The summed E-state index contributed by atoms with van der Waals surface area (Å²) < 4.78 is 1.90. The zero-order valence-electron chi connectivity index (χ0n) is 10.1. The van der Waals surface area contributed by atoms with E-state index in [2.05, 4.69) is 16.0 Å². The second-order valence-electron chi connectivity index (χ2n) is 4.06. The standard InChI is InChI=1S/C15H10N4/c16-9-12-1-3-13(4-2-12)15-6-5-14(10-18-15)19-8-7-17-11-19/h1-8,10-11H. The summed E-state index contributed by atoms with van der Waals surface area (Å²) in [5, 5.41) is 8.77. The number of hydrogen-bond donors (Lipinski definition) is 0. The number of nitriles is 1. The first-order chi connectivity index (χ1) is 9.36. The molecule has 19 heavy (non-hydrogen) atoms. The number of aromatic nitrogens is 3. The van der Waals surface area contributed by atoms with Gasteiger partial charge in [0.05, 0.1) is 35.5 Å². The quantitative estimate of drug-likeness (QED) is 0.698. The van der Waals surface area contributed by atoms with E-state index < -0.39 is 0 Å². The second kappa shape index (κ2) is 4.75. The maximum absolute atomic E-state index is 8.77. The first kappa shape index (κ1) is 11.2. The second-order valence-corrected chi connectivity index (χ2v) is 4.06. The summed E-state index contributed by atoms with van der Waals surface area (Å²) in [6.07, 6.45) is 7.14. The number of imidazole rings is 1. The van der Waals surface area contributed by atoms with Gasteiger partial charge in [-0.15, -0.1) is 0 Å². The van der Waals surface area contributed by atoms with Crippen LogP contribution in [-0.4, -0.2) is 14.5 Å². The first-order valence-corrected chi connectivity index (χ1v) is 5.82. The van der Waals surface area contributed by atoms with Crippen molar-refractivity contribution in [3.8, 4) is 23.0 Å². The molecule has 0 unspecified atom stereocenters. The van der Waals surface area contributed by atoms with Gasteiger partial charge in [-0.1, -0.05) is 12.1 Å². The Morgan fingerprint density at radius 3 is 2.47 bits per heavy atom. The molecule has 0 saturated heterocycles. The summed E-state index contributed by atoms with van der Waals surface area (Å²) >= 11 is 0. The Morgan fingerprint density at radius 1 is 1.05 bits per heavy atom. The molecule has 90 valence electrons. The fraction of sp³-hybridized carbons (Fsp3) is 0. The molecule has 0 fully saturated rings. The molecule has 3 aromatic rings. The number of nitrogens with zero attached hydrogens (tertiary/aromatic N) is 4. The smallest absolute Gasteiger partial charge is 0.0992 e. The van der Waals surface area contributed by atoms with Crippen LogP contribution in [0.3, 0.4) is 0 Å². The van der Waals surface area contributed by atoms with Gasteiger partial charge < -0.3 is 4.57 Å². The predicted octanol–water partition coefficient (Wildman–Crippen LogP) is 2.81. The van der Waals surface area contributed by atoms with Crippen LogP contribution in [0.2, 0.25) is 0 Å². The number of pyridine rings is 1. The van der Waals surface area contributed by atoms with Crippen LogP contribution in [0.5, 0.6) is 0 Å². The van der Waals surface area contributed by atoms with Crippen molar-refractivity contribution in [2.45, 2.75) is 0 Å². The maximum Gasteiger partial charge on any atom is 0.0992 e. The average molecular weight is 246 g/mol. The van der Waals surface area contributed by atoms with Gasteiger partial charge in [-0.05, 0) is 24.3 Å². The molecule has 0 aliphatic carbocycles. The molecule has 0 amide bonds. The molecule has 0 atom stereocenters. The van der Waals surface area contributed by atoms with Crippen molar-refractivity contribution in [1.29, 1.82) is 5.26 Å². The Bertz CT molecular complexity index is 704. The molecule has 3 rings (SSSR count). The molecule has 4 nitrogen and oxygen atoms in total. The van der Waals surface area contributed by atoms with E-state index in [1.165, 1.54) is 0 Å². The highest BCUT2D eigenvalue weighted by molar-refractivity contribution is 5.60. The van der Waals surface area contributed by atoms with Crippen LogP contribution in [0.25, 0.3) is 16.9 Å². The summed E-state index contributed by atoms with van der Waals surface area (Å²) in [6, 6.07) is 13.4. The van der Waals surface area contributed by atoms with E-state index in [0.29, 0.717) is 5.56 Å². The zero-order chi connectivity index (χ0) is 13.1. The van der Waals surface area contributed by atoms with Crippen LogP contribution in [0, 0.1) is 11.3 Å². The van der Waals surface area contributed by atoms with Crippen LogP contribution < -0.4 is 0 Å². The van der Waals surface area contributed by atoms with E-state index in [1.807, 2.05) is 35.0 Å². The monoisotopic (exact) mass is 246 g/mol. The Kier molecular flexibility index (Phi) is 2.79. The Morgan fingerprint density at radius 2 is 1.89 bits per heavy atom. The highest BCUT2D eigenvalue weighted by atomic mass is 15.0.